The number of carbonyl (C=O) groups excluding carboxylic acids is 1. The molecule has 0 aliphatic rings. The summed E-state index contributed by atoms with van der Waals surface area (Å²) >= 11 is 0. The summed E-state index contributed by atoms with van der Waals surface area (Å²) in [4.78, 5) is 22.8. The Hall–Kier alpha value is -5.01. The maximum Gasteiger partial charge on any atom is 0.306 e. The predicted molar refractivity (Wildman–Crippen MR) is 175 cm³/mol. The molecule has 0 bridgehead atoms. The smallest absolute Gasteiger partial charge is 0.306 e. The minimum absolute atomic E-state index is 0.135. The van der Waals surface area contributed by atoms with Crippen molar-refractivity contribution in [2.75, 3.05) is 6.61 Å². The first-order chi connectivity index (χ1) is 22.8. The van der Waals surface area contributed by atoms with Gasteiger partial charge >= 0.3 is 5.97 Å². The quantitative estimate of drug-likeness (QED) is 0.0780. The number of esters is 1. The molecule has 2 aromatic heterocycles. The molecule has 2 heterocycles. The molecule has 5 rings (SSSR count). The zero-order valence-electron chi connectivity index (χ0n) is 26.5. The Labute approximate surface area is 272 Å². The molecule has 0 saturated heterocycles. The van der Waals surface area contributed by atoms with E-state index in [-0.39, 0.29) is 40.8 Å². The first-order valence-corrected chi connectivity index (χ1v) is 15.8. The Balaban J connectivity index is 1.46. The molecule has 10 heteroatoms. The molecule has 3 aromatic carbocycles. The number of carbonyl (C=O) groups is 1. The number of H-pyrrole nitrogens is 2. The summed E-state index contributed by atoms with van der Waals surface area (Å²) in [5, 5.41) is 19.6. The number of nitriles is 1. The molecule has 0 aliphatic heterocycles. The number of aromatic nitrogens is 3. The summed E-state index contributed by atoms with van der Waals surface area (Å²) in [5.74, 6) is -1.13. The molecule has 0 spiro atoms. The van der Waals surface area contributed by atoms with Gasteiger partial charge in [0.2, 0.25) is 0 Å². The number of nitrogens with one attached hydrogen (secondary N) is 2. The van der Waals surface area contributed by atoms with E-state index in [0.717, 1.165) is 42.5 Å². The van der Waals surface area contributed by atoms with Crippen LogP contribution in [0.25, 0.3) is 22.3 Å². The Kier molecular flexibility index (Phi) is 10.7. The number of aliphatic hydroxyl groups excluding tert-OH is 1. The van der Waals surface area contributed by atoms with Crippen LogP contribution in [-0.2, 0) is 28.0 Å². The number of hydrogen-bond donors (Lipinski definition) is 3. The third-order valence-corrected chi connectivity index (χ3v) is 8.56. The molecule has 1 atom stereocenters. The number of benzene rings is 3. The van der Waals surface area contributed by atoms with Crippen molar-refractivity contribution in [3.8, 4) is 29.0 Å². The summed E-state index contributed by atoms with van der Waals surface area (Å²) in [6.07, 6.45) is 7.91. The molecule has 0 fully saturated rings. The number of hydrogen-bond acceptors (Lipinski definition) is 6. The van der Waals surface area contributed by atoms with Crippen molar-refractivity contribution in [2.45, 2.75) is 70.8 Å². The lowest BCUT2D eigenvalue weighted by atomic mass is 9.75. The van der Waals surface area contributed by atoms with Gasteiger partial charge in [0.05, 0.1) is 24.8 Å². The zero-order valence-corrected chi connectivity index (χ0v) is 26.5. The summed E-state index contributed by atoms with van der Waals surface area (Å²) in [7, 11) is 0. The Morgan fingerprint density at radius 2 is 1.94 bits per heavy atom. The van der Waals surface area contributed by atoms with Crippen LogP contribution in [-0.4, -0.2) is 32.6 Å². The molecule has 244 valence electrons. The maximum atomic E-state index is 15.3. The van der Waals surface area contributed by atoms with Gasteiger partial charge in [0.1, 0.15) is 17.4 Å². The third kappa shape index (κ3) is 7.53. The van der Waals surface area contributed by atoms with Crippen molar-refractivity contribution < 1.29 is 28.2 Å². The van der Waals surface area contributed by atoms with E-state index >= 15 is 8.78 Å². The van der Waals surface area contributed by atoms with E-state index in [1.165, 1.54) is 24.3 Å². The molecule has 0 saturated carbocycles. The van der Waals surface area contributed by atoms with Crippen LogP contribution >= 0.6 is 0 Å². The number of rotatable bonds is 15. The van der Waals surface area contributed by atoms with Crippen molar-refractivity contribution in [1.29, 1.82) is 5.26 Å². The normalized spacial score (nSPS) is 12.5. The number of ether oxygens (including phenoxy) is 2. The largest absolute Gasteiger partial charge is 0.466 e. The first-order valence-electron chi connectivity index (χ1n) is 15.8. The van der Waals surface area contributed by atoms with Crippen molar-refractivity contribution in [3.05, 3.63) is 101 Å². The lowest BCUT2D eigenvalue weighted by Gasteiger charge is -2.30. The van der Waals surface area contributed by atoms with Gasteiger partial charge in [-0.15, -0.1) is 0 Å². The number of unbranched alkanes of at least 4 members (excludes halogenated alkanes) is 3. The number of fused-ring (bicyclic) bond motifs is 1. The highest BCUT2D eigenvalue weighted by Gasteiger charge is 2.31. The topological polar surface area (TPSA) is 124 Å². The monoisotopic (exact) mass is 640 g/mol. The van der Waals surface area contributed by atoms with Crippen LogP contribution in [0.4, 0.5) is 8.78 Å². The number of aliphatic hydroxyl groups is 1. The maximum absolute atomic E-state index is 15.3. The van der Waals surface area contributed by atoms with E-state index in [4.69, 9.17) is 14.7 Å². The van der Waals surface area contributed by atoms with Gasteiger partial charge in [0.15, 0.2) is 11.6 Å². The van der Waals surface area contributed by atoms with Crippen molar-refractivity contribution in [1.82, 2.24) is 15.0 Å². The fraction of sp³-hybridized carbons (Fsp3) is 0.324. The standard InChI is InChI=1S/C37H38F2N4O4/c1-3-46-34(45)14-11-24-9-8-10-25(19-24)37(2,16-6-4-5-7-17-40)33-22-42-36(43-33)28-20-26(12-13-30(28)38)47-35-29(23-44)27-15-18-41-32(27)21-31(35)39/h8-10,12-13,15,18-22,41,44H,3-7,11,14,16,23H2,1-2H3,(H,42,43). The summed E-state index contributed by atoms with van der Waals surface area (Å²) in [6, 6.07) is 17.4. The third-order valence-electron chi connectivity index (χ3n) is 8.56. The highest BCUT2D eigenvalue weighted by molar-refractivity contribution is 5.85. The second-order valence-electron chi connectivity index (χ2n) is 11.7. The van der Waals surface area contributed by atoms with E-state index in [1.807, 2.05) is 18.2 Å². The Morgan fingerprint density at radius 3 is 2.72 bits per heavy atom. The zero-order chi connectivity index (χ0) is 33.4. The van der Waals surface area contributed by atoms with Crippen LogP contribution in [0.3, 0.4) is 0 Å². The lowest BCUT2D eigenvalue weighted by molar-refractivity contribution is -0.143. The van der Waals surface area contributed by atoms with E-state index in [1.54, 1.807) is 25.4 Å². The average Bonchev–Trinajstić information content (AvgIpc) is 3.76. The minimum atomic E-state index is -0.662. The molecule has 0 radical (unpaired) electrons. The lowest BCUT2D eigenvalue weighted by Crippen LogP contribution is -2.24. The van der Waals surface area contributed by atoms with Gasteiger partial charge in [-0.2, -0.15) is 5.26 Å². The number of aryl methyl sites for hydroxylation is 1. The second kappa shape index (κ2) is 15.1. The van der Waals surface area contributed by atoms with Crippen LogP contribution in [0.2, 0.25) is 0 Å². The summed E-state index contributed by atoms with van der Waals surface area (Å²) in [6.45, 7) is 3.77. The fourth-order valence-electron chi connectivity index (χ4n) is 5.94. The van der Waals surface area contributed by atoms with Gasteiger partial charge < -0.3 is 24.5 Å². The number of imidazole rings is 1. The molecule has 3 N–H and O–H groups in total. The highest BCUT2D eigenvalue weighted by Crippen LogP contribution is 2.39. The molecule has 0 aliphatic carbocycles. The predicted octanol–water partition coefficient (Wildman–Crippen LogP) is 8.40. The average molecular weight is 641 g/mol. The molecule has 0 amide bonds. The number of nitrogens with zero attached hydrogens (tertiary/aromatic N) is 2. The summed E-state index contributed by atoms with van der Waals surface area (Å²) in [5.41, 5.74) is 3.18. The van der Waals surface area contributed by atoms with E-state index in [0.29, 0.717) is 30.4 Å². The molecule has 5 aromatic rings. The summed E-state index contributed by atoms with van der Waals surface area (Å²) < 4.78 is 41.4. The van der Waals surface area contributed by atoms with Crippen LogP contribution in [0.5, 0.6) is 11.5 Å². The fourth-order valence-corrected chi connectivity index (χ4v) is 5.94. The highest BCUT2D eigenvalue weighted by atomic mass is 19.1. The van der Waals surface area contributed by atoms with Gasteiger partial charge in [0, 0.05) is 58.9 Å². The molecule has 8 nitrogen and oxygen atoms in total. The molecule has 1 unspecified atom stereocenters. The molecular weight excluding hydrogens is 602 g/mol. The number of aromatic amines is 2. The molecular formula is C37H38F2N4O4. The second-order valence-corrected chi connectivity index (χ2v) is 11.7. The van der Waals surface area contributed by atoms with Gasteiger partial charge in [-0.25, -0.2) is 13.8 Å². The van der Waals surface area contributed by atoms with Gasteiger partial charge in [-0.1, -0.05) is 37.1 Å². The van der Waals surface area contributed by atoms with Crippen molar-refractivity contribution in [3.63, 3.8) is 0 Å². The molecule has 47 heavy (non-hydrogen) atoms. The number of halogens is 2. The van der Waals surface area contributed by atoms with Crippen LogP contribution in [0.15, 0.2) is 67.0 Å². The van der Waals surface area contributed by atoms with E-state index in [9.17, 15) is 9.90 Å². The van der Waals surface area contributed by atoms with Gasteiger partial charge in [-0.3, -0.25) is 4.79 Å². The van der Waals surface area contributed by atoms with Crippen molar-refractivity contribution in [2.24, 2.45) is 0 Å². The van der Waals surface area contributed by atoms with E-state index < -0.39 is 23.7 Å². The van der Waals surface area contributed by atoms with E-state index in [2.05, 4.69) is 34.0 Å². The minimum Gasteiger partial charge on any atom is -0.466 e. The van der Waals surface area contributed by atoms with Crippen LogP contribution in [0, 0.1) is 23.0 Å². The van der Waals surface area contributed by atoms with Gasteiger partial charge in [0.25, 0.3) is 0 Å². The Bertz CT molecular complexity index is 1890. The SMILES string of the molecule is CCOC(=O)CCc1cccc(C(C)(CCCCCC#N)c2cnc(-c3cc(Oc4c(F)cc5[nH]ccc5c4CO)ccc3F)[nH]2)c1. The first kappa shape index (κ1) is 33.4. The Morgan fingerprint density at radius 1 is 1.09 bits per heavy atom. The van der Waals surface area contributed by atoms with Crippen LogP contribution in [0.1, 0.15) is 74.8 Å². The van der Waals surface area contributed by atoms with Crippen molar-refractivity contribution >= 4 is 16.9 Å². The van der Waals surface area contributed by atoms with Crippen LogP contribution < -0.4 is 4.74 Å². The van der Waals surface area contributed by atoms with Gasteiger partial charge in [-0.05, 0) is 68.5 Å².